The van der Waals surface area contributed by atoms with Gasteiger partial charge in [-0.25, -0.2) is 4.39 Å². The number of rotatable bonds is 7. The molecule has 0 unspecified atom stereocenters. The van der Waals surface area contributed by atoms with Crippen LogP contribution in [0.4, 0.5) is 10.1 Å². The van der Waals surface area contributed by atoms with Gasteiger partial charge in [0.05, 0.1) is 31.0 Å². The maximum atomic E-state index is 14.7. The first-order chi connectivity index (χ1) is 18.4. The molecule has 1 aliphatic heterocycles. The number of carbonyl (C=O) groups excluding carboxylic acids is 2. The van der Waals surface area contributed by atoms with Crippen molar-refractivity contribution in [3.8, 4) is 28.9 Å². The Morgan fingerprint density at radius 3 is 2.58 bits per heavy atom. The maximum absolute atomic E-state index is 14.7. The SMILES string of the molecule is COc1ccc(CC(=O)N2CCN(C)CC2)cc1C(=O)Nc1cc(-c2nnc(-c3ccco3)o2)ccc1F. The number of piperazine rings is 1. The summed E-state index contributed by atoms with van der Waals surface area (Å²) in [5, 5.41) is 10.5. The van der Waals surface area contributed by atoms with E-state index in [9.17, 15) is 14.0 Å². The van der Waals surface area contributed by atoms with Crippen molar-refractivity contribution in [1.82, 2.24) is 20.0 Å². The minimum absolute atomic E-state index is 0.0122. The highest BCUT2D eigenvalue weighted by Gasteiger charge is 2.22. The number of carbonyl (C=O) groups is 2. The molecule has 11 heteroatoms. The van der Waals surface area contributed by atoms with Gasteiger partial charge in [0, 0.05) is 31.7 Å². The van der Waals surface area contributed by atoms with Crippen LogP contribution >= 0.6 is 0 Å². The third-order valence-electron chi connectivity index (χ3n) is 6.34. The van der Waals surface area contributed by atoms with Gasteiger partial charge in [-0.2, -0.15) is 0 Å². The largest absolute Gasteiger partial charge is 0.496 e. The lowest BCUT2D eigenvalue weighted by molar-refractivity contribution is -0.132. The van der Waals surface area contributed by atoms with E-state index in [2.05, 4.69) is 20.4 Å². The molecule has 5 rings (SSSR count). The Labute approximate surface area is 218 Å². The molecule has 0 atom stereocenters. The molecule has 1 N–H and O–H groups in total. The maximum Gasteiger partial charge on any atom is 0.283 e. The summed E-state index contributed by atoms with van der Waals surface area (Å²) in [6, 6.07) is 12.4. The number of nitrogens with zero attached hydrogens (tertiary/aromatic N) is 4. The van der Waals surface area contributed by atoms with Gasteiger partial charge in [0.1, 0.15) is 11.6 Å². The summed E-state index contributed by atoms with van der Waals surface area (Å²) in [5.41, 5.74) is 1.17. The molecule has 0 aliphatic carbocycles. The van der Waals surface area contributed by atoms with E-state index < -0.39 is 11.7 Å². The van der Waals surface area contributed by atoms with Crippen molar-refractivity contribution in [2.24, 2.45) is 0 Å². The standard InChI is InChI=1S/C27H26FN5O5/c1-32-9-11-33(12-10-32)24(34)15-17-5-8-22(36-2)19(14-17)25(35)29-21-16-18(6-7-20(21)28)26-30-31-27(38-26)23-4-3-13-37-23/h3-8,13-14,16H,9-12,15H2,1-2H3,(H,29,35). The molecule has 10 nitrogen and oxygen atoms in total. The van der Waals surface area contributed by atoms with Crippen molar-refractivity contribution >= 4 is 17.5 Å². The third kappa shape index (κ3) is 5.42. The molecule has 2 aromatic carbocycles. The Hall–Kier alpha value is -4.51. The predicted molar refractivity (Wildman–Crippen MR) is 136 cm³/mol. The third-order valence-corrected chi connectivity index (χ3v) is 6.34. The molecule has 0 bridgehead atoms. The molecule has 1 aliphatic rings. The van der Waals surface area contributed by atoms with Gasteiger partial charge in [0.15, 0.2) is 5.76 Å². The van der Waals surface area contributed by atoms with Crippen LogP contribution in [0.1, 0.15) is 15.9 Å². The first kappa shape index (κ1) is 25.2. The lowest BCUT2D eigenvalue weighted by Gasteiger charge is -2.32. The zero-order valence-electron chi connectivity index (χ0n) is 20.9. The van der Waals surface area contributed by atoms with Crippen molar-refractivity contribution in [3.05, 3.63) is 71.7 Å². The highest BCUT2D eigenvalue weighted by Crippen LogP contribution is 2.28. The first-order valence-corrected chi connectivity index (χ1v) is 12.0. The molecular weight excluding hydrogens is 493 g/mol. The molecule has 0 spiro atoms. The lowest BCUT2D eigenvalue weighted by atomic mass is 10.0. The van der Waals surface area contributed by atoms with Crippen LogP contribution in [-0.4, -0.2) is 72.1 Å². The fraction of sp³-hybridized carbons (Fsp3) is 0.259. The zero-order valence-corrected chi connectivity index (χ0v) is 20.9. The molecule has 38 heavy (non-hydrogen) atoms. The van der Waals surface area contributed by atoms with Crippen LogP contribution in [0.25, 0.3) is 23.1 Å². The second kappa shape index (κ2) is 10.9. The van der Waals surface area contributed by atoms with Crippen molar-refractivity contribution in [3.63, 3.8) is 0 Å². The second-order valence-electron chi connectivity index (χ2n) is 8.93. The Bertz CT molecular complexity index is 1440. The van der Waals surface area contributed by atoms with Crippen molar-refractivity contribution in [2.75, 3.05) is 45.7 Å². The minimum Gasteiger partial charge on any atom is -0.496 e. The fourth-order valence-corrected chi connectivity index (χ4v) is 4.17. The number of ether oxygens (including phenoxy) is 1. The number of anilines is 1. The Morgan fingerprint density at radius 1 is 1.05 bits per heavy atom. The summed E-state index contributed by atoms with van der Waals surface area (Å²) in [4.78, 5) is 30.0. The molecule has 2 aromatic heterocycles. The first-order valence-electron chi connectivity index (χ1n) is 12.0. The lowest BCUT2D eigenvalue weighted by Crippen LogP contribution is -2.47. The quantitative estimate of drug-likeness (QED) is 0.393. The molecule has 4 aromatic rings. The van der Waals surface area contributed by atoms with E-state index in [-0.39, 0.29) is 35.4 Å². The van der Waals surface area contributed by atoms with Crippen LogP contribution in [0.2, 0.25) is 0 Å². The minimum atomic E-state index is -0.645. The molecule has 0 saturated carbocycles. The Balaban J connectivity index is 1.34. The van der Waals surface area contributed by atoms with Crippen LogP contribution in [0.3, 0.4) is 0 Å². The van der Waals surface area contributed by atoms with E-state index in [4.69, 9.17) is 13.6 Å². The number of hydrogen-bond donors (Lipinski definition) is 1. The number of nitrogens with one attached hydrogen (secondary N) is 1. The summed E-state index contributed by atoms with van der Waals surface area (Å²) in [6.45, 7) is 2.97. The summed E-state index contributed by atoms with van der Waals surface area (Å²) >= 11 is 0. The number of halogens is 1. The summed E-state index contributed by atoms with van der Waals surface area (Å²) < 4.78 is 30.9. The zero-order chi connectivity index (χ0) is 26.6. The van der Waals surface area contributed by atoms with Crippen LogP contribution < -0.4 is 10.1 Å². The average molecular weight is 520 g/mol. The van der Waals surface area contributed by atoms with Crippen molar-refractivity contribution < 1.29 is 27.6 Å². The van der Waals surface area contributed by atoms with Gasteiger partial charge in [-0.1, -0.05) is 6.07 Å². The Morgan fingerprint density at radius 2 is 1.84 bits per heavy atom. The van der Waals surface area contributed by atoms with Crippen molar-refractivity contribution in [1.29, 1.82) is 0 Å². The molecule has 1 fully saturated rings. The Kier molecular flexibility index (Phi) is 7.18. The van der Waals surface area contributed by atoms with Gasteiger partial charge in [-0.3, -0.25) is 9.59 Å². The van der Waals surface area contributed by atoms with E-state index in [0.29, 0.717) is 35.7 Å². The van der Waals surface area contributed by atoms with Gasteiger partial charge in [-0.15, -0.1) is 10.2 Å². The molecule has 0 radical (unpaired) electrons. The number of methoxy groups -OCH3 is 1. The van der Waals surface area contributed by atoms with Crippen molar-refractivity contribution in [2.45, 2.75) is 6.42 Å². The van der Waals surface area contributed by atoms with Gasteiger partial charge in [-0.05, 0) is 55.1 Å². The van der Waals surface area contributed by atoms with E-state index in [1.165, 1.54) is 31.6 Å². The van der Waals surface area contributed by atoms with Crippen LogP contribution in [0, 0.1) is 5.82 Å². The summed E-state index contributed by atoms with van der Waals surface area (Å²) in [5.74, 6) is -0.238. The average Bonchev–Trinajstić information content (AvgIpc) is 3.63. The number of furan rings is 1. The molecule has 3 heterocycles. The molecular formula is C27H26FN5O5. The number of likely N-dealkylation sites (N-methyl/N-ethyl adjacent to an activating group) is 1. The number of amides is 2. The topological polar surface area (TPSA) is 114 Å². The monoisotopic (exact) mass is 519 g/mol. The highest BCUT2D eigenvalue weighted by molar-refractivity contribution is 6.06. The van der Waals surface area contributed by atoms with E-state index in [1.54, 1.807) is 30.3 Å². The second-order valence-corrected chi connectivity index (χ2v) is 8.93. The number of benzene rings is 2. The fourth-order valence-electron chi connectivity index (χ4n) is 4.17. The van der Waals surface area contributed by atoms with Crippen LogP contribution in [0.15, 0.2) is 63.6 Å². The molecule has 2 amide bonds. The predicted octanol–water partition coefficient (Wildman–Crippen LogP) is 3.71. The number of hydrogen-bond acceptors (Lipinski definition) is 8. The van der Waals surface area contributed by atoms with Gasteiger partial charge >= 0.3 is 0 Å². The van der Waals surface area contributed by atoms with Crippen LogP contribution in [-0.2, 0) is 11.2 Å². The van der Waals surface area contributed by atoms with Gasteiger partial charge in [0.2, 0.25) is 11.8 Å². The van der Waals surface area contributed by atoms with E-state index in [1.807, 2.05) is 11.9 Å². The smallest absolute Gasteiger partial charge is 0.283 e. The molecule has 1 saturated heterocycles. The highest BCUT2D eigenvalue weighted by atomic mass is 19.1. The van der Waals surface area contributed by atoms with E-state index in [0.717, 1.165) is 13.1 Å². The van der Waals surface area contributed by atoms with E-state index >= 15 is 0 Å². The van der Waals surface area contributed by atoms with Gasteiger partial charge in [0.25, 0.3) is 11.8 Å². The van der Waals surface area contributed by atoms with Crippen LogP contribution in [0.5, 0.6) is 5.75 Å². The summed E-state index contributed by atoms with van der Waals surface area (Å²) in [7, 11) is 3.46. The normalized spacial score (nSPS) is 13.9. The summed E-state index contributed by atoms with van der Waals surface area (Å²) in [6.07, 6.45) is 1.63. The number of aromatic nitrogens is 2. The molecule has 196 valence electrons. The van der Waals surface area contributed by atoms with Gasteiger partial charge < -0.3 is 28.7 Å².